The third kappa shape index (κ3) is 3.96. The Hall–Kier alpha value is -3.92. The van der Waals surface area contributed by atoms with Gasteiger partial charge in [0.1, 0.15) is 5.52 Å². The van der Waals surface area contributed by atoms with Crippen LogP contribution >= 0.6 is 0 Å². The molecule has 4 aromatic rings. The van der Waals surface area contributed by atoms with E-state index < -0.39 is 0 Å². The number of aromatic nitrogens is 4. The number of morpholine rings is 1. The number of aromatic amines is 1. The van der Waals surface area contributed by atoms with E-state index >= 15 is 0 Å². The largest absolute Gasteiger partial charge is 0.445 e. The molecule has 1 saturated carbocycles. The van der Waals surface area contributed by atoms with E-state index in [1.54, 1.807) is 11.0 Å². The maximum Gasteiger partial charge on any atom is 0.289 e. The molecule has 34 heavy (non-hydrogen) atoms. The Morgan fingerprint density at radius 1 is 1.15 bits per heavy atom. The van der Waals surface area contributed by atoms with Gasteiger partial charge in [-0.3, -0.25) is 9.89 Å². The second-order valence-electron chi connectivity index (χ2n) is 8.60. The van der Waals surface area contributed by atoms with Gasteiger partial charge in [0.15, 0.2) is 23.0 Å². The molecule has 174 valence electrons. The first kappa shape index (κ1) is 20.7. The number of amides is 1. The number of carbonyl (C=O) groups excluding carboxylic acids is 1. The number of ether oxygens (including phenoxy) is 1. The van der Waals surface area contributed by atoms with E-state index in [4.69, 9.17) is 14.1 Å². The van der Waals surface area contributed by atoms with E-state index in [9.17, 15) is 4.79 Å². The average molecular weight is 460 g/mol. The number of nitrogens with zero attached hydrogens (tertiary/aromatic N) is 5. The fourth-order valence-electron chi connectivity index (χ4n) is 4.13. The lowest BCUT2D eigenvalue weighted by Crippen LogP contribution is -2.37. The normalized spacial score (nSPS) is 16.1. The number of hydrogen-bond acceptors (Lipinski definition) is 8. The molecule has 0 atom stereocenters. The van der Waals surface area contributed by atoms with Crippen molar-refractivity contribution in [1.29, 1.82) is 0 Å². The molecule has 1 amide bonds. The molecule has 0 spiro atoms. The van der Waals surface area contributed by atoms with Gasteiger partial charge < -0.3 is 24.3 Å². The second-order valence-corrected chi connectivity index (χ2v) is 8.60. The molecule has 2 N–H and O–H groups in total. The molecule has 1 aliphatic heterocycles. The van der Waals surface area contributed by atoms with Crippen molar-refractivity contribution in [3.05, 3.63) is 48.2 Å². The summed E-state index contributed by atoms with van der Waals surface area (Å²) >= 11 is 0. The zero-order valence-electron chi connectivity index (χ0n) is 18.8. The Morgan fingerprint density at radius 3 is 2.71 bits per heavy atom. The van der Waals surface area contributed by atoms with E-state index in [2.05, 4.69) is 25.4 Å². The van der Waals surface area contributed by atoms with Crippen molar-refractivity contribution in [2.75, 3.05) is 43.6 Å². The van der Waals surface area contributed by atoms with Gasteiger partial charge in [0.05, 0.1) is 18.9 Å². The fourth-order valence-corrected chi connectivity index (χ4v) is 4.13. The van der Waals surface area contributed by atoms with Crippen LogP contribution in [0.25, 0.3) is 22.4 Å². The van der Waals surface area contributed by atoms with Crippen LogP contribution < -0.4 is 10.2 Å². The molecule has 0 bridgehead atoms. The quantitative estimate of drug-likeness (QED) is 0.451. The molecule has 1 saturated heterocycles. The van der Waals surface area contributed by atoms with Crippen LogP contribution in [0.1, 0.15) is 23.4 Å². The number of nitrogens with one attached hydrogen (secondary N) is 2. The molecule has 3 aromatic heterocycles. The third-order valence-corrected chi connectivity index (χ3v) is 6.19. The summed E-state index contributed by atoms with van der Waals surface area (Å²) in [6, 6.07) is 13.9. The molecule has 1 aromatic carbocycles. The lowest BCUT2D eigenvalue weighted by molar-refractivity contribution is 0.0755. The zero-order chi connectivity index (χ0) is 23.1. The zero-order valence-corrected chi connectivity index (χ0v) is 18.8. The standard InChI is InChI=1S/C24H25N7O3/c1-30(16-7-8-16)23(32)19-13-18-21(34-19)22(31-9-11-33-12-10-31)27-24(25-18)26-20-14-17(28-29-20)15-5-3-2-4-6-15/h2-6,13-14,16H,7-12H2,1H3,(H2,25,26,27,28,29). The van der Waals surface area contributed by atoms with Gasteiger partial charge in [-0.15, -0.1) is 0 Å². The van der Waals surface area contributed by atoms with Crippen molar-refractivity contribution in [1.82, 2.24) is 25.1 Å². The molecule has 4 heterocycles. The Balaban J connectivity index is 1.35. The summed E-state index contributed by atoms with van der Waals surface area (Å²) in [5, 5.41) is 10.6. The average Bonchev–Trinajstić information content (AvgIpc) is 3.48. The van der Waals surface area contributed by atoms with Crippen LogP contribution in [0.4, 0.5) is 17.6 Å². The molecule has 2 aliphatic rings. The number of anilines is 3. The van der Waals surface area contributed by atoms with E-state index in [1.807, 2.05) is 43.4 Å². The molecule has 6 rings (SSSR count). The maximum absolute atomic E-state index is 12.9. The van der Waals surface area contributed by atoms with Crippen LogP contribution in [0.5, 0.6) is 0 Å². The maximum atomic E-state index is 12.9. The van der Waals surface area contributed by atoms with Gasteiger partial charge >= 0.3 is 0 Å². The number of rotatable bonds is 6. The van der Waals surface area contributed by atoms with Gasteiger partial charge in [-0.1, -0.05) is 30.3 Å². The molecule has 10 nitrogen and oxygen atoms in total. The van der Waals surface area contributed by atoms with Crippen LogP contribution in [0.15, 0.2) is 46.9 Å². The summed E-state index contributed by atoms with van der Waals surface area (Å²) in [5.74, 6) is 1.76. The van der Waals surface area contributed by atoms with E-state index in [0.717, 1.165) is 24.1 Å². The first-order valence-electron chi connectivity index (χ1n) is 11.4. The van der Waals surface area contributed by atoms with Crippen molar-refractivity contribution < 1.29 is 13.9 Å². The number of carbonyl (C=O) groups is 1. The highest BCUT2D eigenvalue weighted by molar-refractivity contribution is 5.97. The number of H-pyrrole nitrogens is 1. The highest BCUT2D eigenvalue weighted by atomic mass is 16.5. The SMILES string of the molecule is CN(C(=O)c1cc2nc(Nc3cc(-c4ccccc4)[nH]n3)nc(N3CCOCC3)c2o1)C1CC1. The number of fused-ring (bicyclic) bond motifs is 1. The van der Waals surface area contributed by atoms with Crippen molar-refractivity contribution in [3.8, 4) is 11.3 Å². The third-order valence-electron chi connectivity index (χ3n) is 6.19. The van der Waals surface area contributed by atoms with E-state index in [1.165, 1.54) is 0 Å². The summed E-state index contributed by atoms with van der Waals surface area (Å²) < 4.78 is 11.5. The first-order chi connectivity index (χ1) is 16.7. The van der Waals surface area contributed by atoms with Gasteiger partial charge in [0.25, 0.3) is 5.91 Å². The first-order valence-corrected chi connectivity index (χ1v) is 11.4. The van der Waals surface area contributed by atoms with E-state index in [-0.39, 0.29) is 11.7 Å². The molecular weight excluding hydrogens is 434 g/mol. The number of benzene rings is 1. The summed E-state index contributed by atoms with van der Waals surface area (Å²) in [5.41, 5.74) is 3.00. The fraction of sp³-hybridized carbons (Fsp3) is 0.333. The molecule has 2 fully saturated rings. The Labute approximate surface area is 195 Å². The van der Waals surface area contributed by atoms with Crippen LogP contribution in [-0.4, -0.2) is 70.4 Å². The molecule has 0 radical (unpaired) electrons. The summed E-state index contributed by atoms with van der Waals surface area (Å²) in [7, 11) is 1.82. The van der Waals surface area contributed by atoms with Gasteiger partial charge in [-0.2, -0.15) is 10.1 Å². The monoisotopic (exact) mass is 459 g/mol. The van der Waals surface area contributed by atoms with Crippen LogP contribution in [0.2, 0.25) is 0 Å². The van der Waals surface area contributed by atoms with Gasteiger partial charge in [-0.05, 0) is 18.4 Å². The summed E-state index contributed by atoms with van der Waals surface area (Å²) in [6.45, 7) is 2.56. The van der Waals surface area contributed by atoms with E-state index in [0.29, 0.717) is 61.0 Å². The Morgan fingerprint density at radius 2 is 1.94 bits per heavy atom. The molecule has 0 unspecified atom stereocenters. The highest BCUT2D eigenvalue weighted by Crippen LogP contribution is 2.32. The molecule has 10 heteroatoms. The van der Waals surface area contributed by atoms with Gasteiger partial charge in [0, 0.05) is 38.3 Å². The highest BCUT2D eigenvalue weighted by Gasteiger charge is 2.32. The molecule has 1 aliphatic carbocycles. The minimum atomic E-state index is -0.136. The Kier molecular flexibility index (Phi) is 5.14. The topological polar surface area (TPSA) is 112 Å². The van der Waals surface area contributed by atoms with Gasteiger partial charge in [0.2, 0.25) is 5.95 Å². The second kappa shape index (κ2) is 8.45. The van der Waals surface area contributed by atoms with Crippen molar-refractivity contribution in [2.45, 2.75) is 18.9 Å². The predicted octanol–water partition coefficient (Wildman–Crippen LogP) is 3.43. The summed E-state index contributed by atoms with van der Waals surface area (Å²) in [4.78, 5) is 26.1. The van der Waals surface area contributed by atoms with Crippen LogP contribution in [-0.2, 0) is 4.74 Å². The minimum Gasteiger partial charge on any atom is -0.445 e. The lowest BCUT2D eigenvalue weighted by Gasteiger charge is -2.27. The Bertz CT molecular complexity index is 1320. The predicted molar refractivity (Wildman–Crippen MR) is 127 cm³/mol. The summed E-state index contributed by atoms with van der Waals surface area (Å²) in [6.07, 6.45) is 2.06. The van der Waals surface area contributed by atoms with Crippen LogP contribution in [0, 0.1) is 0 Å². The number of furan rings is 1. The van der Waals surface area contributed by atoms with Crippen molar-refractivity contribution in [2.24, 2.45) is 0 Å². The molecular formula is C24H25N7O3. The van der Waals surface area contributed by atoms with Crippen LogP contribution in [0.3, 0.4) is 0 Å². The van der Waals surface area contributed by atoms with Crippen molar-refractivity contribution >= 4 is 34.6 Å². The number of hydrogen-bond donors (Lipinski definition) is 2. The van der Waals surface area contributed by atoms with Crippen molar-refractivity contribution in [3.63, 3.8) is 0 Å². The smallest absolute Gasteiger partial charge is 0.289 e. The van der Waals surface area contributed by atoms with Gasteiger partial charge in [-0.25, -0.2) is 4.98 Å². The minimum absolute atomic E-state index is 0.136. The lowest BCUT2D eigenvalue weighted by atomic mass is 10.2.